The lowest BCUT2D eigenvalue weighted by Gasteiger charge is -2.33. The summed E-state index contributed by atoms with van der Waals surface area (Å²) in [6.07, 6.45) is 0. The van der Waals surface area contributed by atoms with Crippen molar-refractivity contribution < 1.29 is 4.39 Å². The Labute approximate surface area is 89.1 Å². The van der Waals surface area contributed by atoms with Crippen molar-refractivity contribution in [3.63, 3.8) is 0 Å². The van der Waals surface area contributed by atoms with Gasteiger partial charge in [-0.15, -0.1) is 0 Å². The molecule has 0 aromatic heterocycles. The van der Waals surface area contributed by atoms with Crippen LogP contribution in [0.15, 0.2) is 18.2 Å². The lowest BCUT2D eigenvalue weighted by molar-refractivity contribution is 0.478. The average molecular weight is 209 g/mol. The molecule has 0 unspecified atom stereocenters. The highest BCUT2D eigenvalue weighted by Crippen LogP contribution is 2.22. The molecule has 0 radical (unpaired) electrons. The van der Waals surface area contributed by atoms with Crippen molar-refractivity contribution in [2.75, 3.05) is 30.3 Å². The van der Waals surface area contributed by atoms with E-state index >= 15 is 0 Å². The van der Waals surface area contributed by atoms with Gasteiger partial charge in [-0.2, -0.15) is 0 Å². The van der Waals surface area contributed by atoms with Crippen LogP contribution < -0.4 is 16.0 Å². The van der Waals surface area contributed by atoms with E-state index < -0.39 is 0 Å². The summed E-state index contributed by atoms with van der Waals surface area (Å²) in [6, 6.07) is 5.27. The molecule has 1 heterocycles. The zero-order valence-electron chi connectivity index (χ0n) is 8.83. The fraction of sp³-hybridized carbons (Fsp3) is 0.455. The number of anilines is 2. The number of hydrogen-bond donors (Lipinski definition) is 2. The van der Waals surface area contributed by atoms with Gasteiger partial charge in [0.1, 0.15) is 5.82 Å². The van der Waals surface area contributed by atoms with E-state index in [1.54, 1.807) is 12.1 Å². The summed E-state index contributed by atoms with van der Waals surface area (Å²) in [5, 5.41) is 3.32. The lowest BCUT2D eigenvalue weighted by atomic mass is 10.2. The van der Waals surface area contributed by atoms with Crippen molar-refractivity contribution >= 4 is 11.4 Å². The number of rotatable bonds is 1. The highest BCUT2D eigenvalue weighted by molar-refractivity contribution is 5.54. The van der Waals surface area contributed by atoms with E-state index in [1.165, 1.54) is 6.07 Å². The molecule has 1 aliphatic heterocycles. The highest BCUT2D eigenvalue weighted by Gasteiger charge is 2.18. The Hall–Kier alpha value is -1.29. The van der Waals surface area contributed by atoms with E-state index in [4.69, 9.17) is 5.73 Å². The van der Waals surface area contributed by atoms with Crippen molar-refractivity contribution in [2.45, 2.75) is 13.0 Å². The Morgan fingerprint density at radius 1 is 1.53 bits per heavy atom. The van der Waals surface area contributed by atoms with Crippen molar-refractivity contribution in [1.82, 2.24) is 5.32 Å². The summed E-state index contributed by atoms with van der Waals surface area (Å²) >= 11 is 0. The molecule has 4 heteroatoms. The standard InChI is InChI=1S/C11H16FN3/c1-8-7-15(5-4-14-8)11-3-2-9(13)6-10(11)12/h2-3,6,8,14H,4-5,7,13H2,1H3/t8-/m1/s1. The second-order valence-electron chi connectivity index (χ2n) is 4.01. The summed E-state index contributed by atoms with van der Waals surface area (Å²) in [5.74, 6) is -0.232. The first kappa shape index (κ1) is 10.2. The predicted octanol–water partition coefficient (Wildman–Crippen LogP) is 1.21. The third kappa shape index (κ3) is 2.21. The van der Waals surface area contributed by atoms with Crippen LogP contribution in [-0.4, -0.2) is 25.7 Å². The zero-order chi connectivity index (χ0) is 10.8. The number of nitrogens with zero attached hydrogens (tertiary/aromatic N) is 1. The molecule has 1 aromatic rings. The van der Waals surface area contributed by atoms with Gasteiger partial charge in [-0.3, -0.25) is 0 Å². The number of halogens is 1. The minimum absolute atomic E-state index is 0.232. The van der Waals surface area contributed by atoms with Crippen LogP contribution in [0.5, 0.6) is 0 Å². The Morgan fingerprint density at radius 3 is 3.00 bits per heavy atom. The molecule has 0 amide bonds. The van der Waals surface area contributed by atoms with E-state index in [-0.39, 0.29) is 5.82 Å². The first-order valence-electron chi connectivity index (χ1n) is 5.20. The number of nitrogens with one attached hydrogen (secondary N) is 1. The van der Waals surface area contributed by atoms with Crippen molar-refractivity contribution in [3.8, 4) is 0 Å². The van der Waals surface area contributed by atoms with Crippen LogP contribution >= 0.6 is 0 Å². The SMILES string of the molecule is C[C@@H]1CN(c2ccc(N)cc2F)CCN1. The Morgan fingerprint density at radius 2 is 2.33 bits per heavy atom. The van der Waals surface area contributed by atoms with Crippen LogP contribution in [0.1, 0.15) is 6.92 Å². The van der Waals surface area contributed by atoms with Gasteiger partial charge in [0.05, 0.1) is 5.69 Å². The van der Waals surface area contributed by atoms with Gasteiger partial charge < -0.3 is 16.0 Å². The molecule has 15 heavy (non-hydrogen) atoms. The minimum Gasteiger partial charge on any atom is -0.399 e. The maximum Gasteiger partial charge on any atom is 0.148 e. The lowest BCUT2D eigenvalue weighted by Crippen LogP contribution is -2.49. The summed E-state index contributed by atoms with van der Waals surface area (Å²) in [7, 11) is 0. The second kappa shape index (κ2) is 4.06. The van der Waals surface area contributed by atoms with Crippen molar-refractivity contribution in [1.29, 1.82) is 0 Å². The van der Waals surface area contributed by atoms with Gasteiger partial charge in [0.15, 0.2) is 0 Å². The van der Waals surface area contributed by atoms with E-state index in [0.717, 1.165) is 19.6 Å². The van der Waals surface area contributed by atoms with Gasteiger partial charge in [0.2, 0.25) is 0 Å². The van der Waals surface area contributed by atoms with Crippen LogP contribution in [0.3, 0.4) is 0 Å². The molecular weight excluding hydrogens is 193 g/mol. The molecule has 2 rings (SSSR count). The molecule has 0 spiro atoms. The van der Waals surface area contributed by atoms with E-state index in [0.29, 0.717) is 17.4 Å². The maximum absolute atomic E-state index is 13.6. The van der Waals surface area contributed by atoms with Gasteiger partial charge in [-0.1, -0.05) is 0 Å². The molecule has 1 atom stereocenters. The first-order chi connectivity index (χ1) is 7.16. The molecular formula is C11H16FN3. The van der Waals surface area contributed by atoms with Gasteiger partial charge in [0, 0.05) is 31.4 Å². The fourth-order valence-electron chi connectivity index (χ4n) is 1.93. The van der Waals surface area contributed by atoms with Gasteiger partial charge in [-0.25, -0.2) is 4.39 Å². The maximum atomic E-state index is 13.6. The van der Waals surface area contributed by atoms with Gasteiger partial charge >= 0.3 is 0 Å². The monoisotopic (exact) mass is 209 g/mol. The summed E-state index contributed by atoms with van der Waals surface area (Å²) < 4.78 is 13.6. The normalized spacial score (nSPS) is 21.7. The Kier molecular flexibility index (Phi) is 2.77. The fourth-order valence-corrected chi connectivity index (χ4v) is 1.93. The summed E-state index contributed by atoms with van der Waals surface area (Å²) in [6.45, 7) is 4.67. The van der Waals surface area contributed by atoms with Gasteiger partial charge in [-0.05, 0) is 25.1 Å². The molecule has 82 valence electrons. The Balaban J connectivity index is 2.21. The molecule has 0 bridgehead atoms. The smallest absolute Gasteiger partial charge is 0.148 e. The van der Waals surface area contributed by atoms with E-state index in [9.17, 15) is 4.39 Å². The highest BCUT2D eigenvalue weighted by atomic mass is 19.1. The largest absolute Gasteiger partial charge is 0.399 e. The molecule has 0 saturated carbocycles. The van der Waals surface area contributed by atoms with E-state index in [1.807, 2.05) is 0 Å². The van der Waals surface area contributed by atoms with Crippen LogP contribution in [0.4, 0.5) is 15.8 Å². The quantitative estimate of drug-likeness (QED) is 0.683. The number of hydrogen-bond acceptors (Lipinski definition) is 3. The topological polar surface area (TPSA) is 41.3 Å². The molecule has 0 aliphatic carbocycles. The summed E-state index contributed by atoms with van der Waals surface area (Å²) in [5.41, 5.74) is 6.64. The van der Waals surface area contributed by atoms with Crippen LogP contribution in [0, 0.1) is 5.82 Å². The van der Waals surface area contributed by atoms with Crippen molar-refractivity contribution in [3.05, 3.63) is 24.0 Å². The number of nitrogens with two attached hydrogens (primary N) is 1. The minimum atomic E-state index is -0.232. The van der Waals surface area contributed by atoms with Crippen LogP contribution in [0.25, 0.3) is 0 Å². The molecule has 3 N–H and O–H groups in total. The van der Waals surface area contributed by atoms with Gasteiger partial charge in [0.25, 0.3) is 0 Å². The molecule has 1 aliphatic rings. The number of benzene rings is 1. The Bertz CT molecular complexity index is 354. The summed E-state index contributed by atoms with van der Waals surface area (Å²) in [4.78, 5) is 2.05. The van der Waals surface area contributed by atoms with E-state index in [2.05, 4.69) is 17.1 Å². The van der Waals surface area contributed by atoms with Crippen LogP contribution in [0.2, 0.25) is 0 Å². The molecule has 1 aromatic carbocycles. The average Bonchev–Trinajstić information content (AvgIpc) is 2.17. The number of piperazine rings is 1. The third-order valence-corrected chi connectivity index (χ3v) is 2.68. The first-order valence-corrected chi connectivity index (χ1v) is 5.20. The molecule has 1 saturated heterocycles. The van der Waals surface area contributed by atoms with Crippen LogP contribution in [-0.2, 0) is 0 Å². The number of nitrogen functional groups attached to an aromatic ring is 1. The third-order valence-electron chi connectivity index (χ3n) is 2.68. The second-order valence-corrected chi connectivity index (χ2v) is 4.01. The molecule has 3 nitrogen and oxygen atoms in total. The molecule has 1 fully saturated rings. The zero-order valence-corrected chi connectivity index (χ0v) is 8.83. The predicted molar refractivity (Wildman–Crippen MR) is 60.5 cm³/mol. The van der Waals surface area contributed by atoms with Crippen molar-refractivity contribution in [2.24, 2.45) is 0 Å².